The number of thiazole rings is 1. The van der Waals surface area contributed by atoms with E-state index in [1.54, 1.807) is 23.7 Å². The zero-order chi connectivity index (χ0) is 13.8. The molecule has 1 unspecified atom stereocenters. The van der Waals surface area contributed by atoms with E-state index >= 15 is 0 Å². The van der Waals surface area contributed by atoms with E-state index in [0.717, 1.165) is 38.2 Å². The fourth-order valence-electron chi connectivity index (χ4n) is 2.48. The van der Waals surface area contributed by atoms with Gasteiger partial charge < -0.3 is 15.2 Å². The average molecular weight is 291 g/mol. The third-order valence-corrected chi connectivity index (χ3v) is 4.10. The Labute approximate surface area is 120 Å². The largest absolute Gasteiger partial charge is 0.350 e. The highest BCUT2D eigenvalue weighted by atomic mass is 32.1. The zero-order valence-electron chi connectivity index (χ0n) is 11.1. The predicted molar refractivity (Wildman–Crippen MR) is 79.0 cm³/mol. The Morgan fingerprint density at radius 1 is 1.50 bits per heavy atom. The number of nitrogens with one attached hydrogen (secondary N) is 2. The van der Waals surface area contributed by atoms with E-state index in [1.165, 1.54) is 0 Å². The van der Waals surface area contributed by atoms with Crippen molar-refractivity contribution in [1.82, 2.24) is 20.3 Å². The molecule has 3 heterocycles. The molecule has 0 aliphatic carbocycles. The third kappa shape index (κ3) is 3.05. The molecule has 1 fully saturated rings. The van der Waals surface area contributed by atoms with E-state index in [2.05, 4.69) is 30.5 Å². The van der Waals surface area contributed by atoms with Gasteiger partial charge in [0.1, 0.15) is 0 Å². The first-order valence-corrected chi connectivity index (χ1v) is 7.66. The molecule has 2 aromatic rings. The van der Waals surface area contributed by atoms with E-state index in [1.807, 2.05) is 5.51 Å². The van der Waals surface area contributed by atoms with Gasteiger partial charge in [0, 0.05) is 43.4 Å². The topological polar surface area (TPSA) is 73.9 Å². The van der Waals surface area contributed by atoms with Crippen LogP contribution < -0.4 is 15.8 Å². The minimum atomic E-state index is -0.118. The number of hydrogen-bond donors (Lipinski definition) is 2. The fourth-order valence-corrected chi connectivity index (χ4v) is 3.04. The molecular weight excluding hydrogens is 274 g/mol. The maximum atomic E-state index is 11.8. The molecule has 0 radical (unpaired) electrons. The first-order valence-electron chi connectivity index (χ1n) is 6.72. The average Bonchev–Trinajstić information content (AvgIpc) is 2.99. The summed E-state index contributed by atoms with van der Waals surface area (Å²) in [5, 5.41) is 5.56. The van der Waals surface area contributed by atoms with Crippen LogP contribution in [0.25, 0.3) is 0 Å². The van der Waals surface area contributed by atoms with Gasteiger partial charge in [-0.05, 0) is 12.8 Å². The molecule has 0 aromatic carbocycles. The third-order valence-electron chi connectivity index (χ3n) is 3.47. The van der Waals surface area contributed by atoms with Gasteiger partial charge in [-0.25, -0.2) is 9.97 Å². The van der Waals surface area contributed by atoms with Crippen molar-refractivity contribution in [2.45, 2.75) is 25.4 Å². The Bertz CT molecular complexity index is 597. The molecule has 2 aromatic heterocycles. The number of nitrogens with zero attached hydrogens (tertiary/aromatic N) is 3. The second kappa shape index (κ2) is 6.15. The van der Waals surface area contributed by atoms with Gasteiger partial charge >= 0.3 is 0 Å². The lowest BCUT2D eigenvalue weighted by Crippen LogP contribution is -2.47. The fraction of sp³-hybridized carbons (Fsp3) is 0.462. The molecule has 0 spiro atoms. The van der Waals surface area contributed by atoms with Crippen LogP contribution in [0.2, 0.25) is 0 Å². The number of rotatable bonds is 4. The molecule has 1 aliphatic heterocycles. The number of aromatic amines is 1. The summed E-state index contributed by atoms with van der Waals surface area (Å²) >= 11 is 1.61. The molecule has 1 aliphatic rings. The first-order chi connectivity index (χ1) is 9.83. The van der Waals surface area contributed by atoms with Gasteiger partial charge in [-0.2, -0.15) is 0 Å². The number of hydrogen-bond acceptors (Lipinski definition) is 6. The van der Waals surface area contributed by atoms with Crippen LogP contribution in [0.15, 0.2) is 28.1 Å². The van der Waals surface area contributed by atoms with Crippen LogP contribution in [0.4, 0.5) is 5.82 Å². The van der Waals surface area contributed by atoms with Gasteiger partial charge in [0.05, 0.1) is 11.2 Å². The first kappa shape index (κ1) is 13.3. The Balaban J connectivity index is 1.62. The summed E-state index contributed by atoms with van der Waals surface area (Å²) in [7, 11) is 0. The van der Waals surface area contributed by atoms with E-state index in [4.69, 9.17) is 0 Å². The molecule has 7 heteroatoms. The van der Waals surface area contributed by atoms with Crippen molar-refractivity contribution < 1.29 is 0 Å². The molecule has 0 amide bonds. The molecule has 2 N–H and O–H groups in total. The lowest BCUT2D eigenvalue weighted by Gasteiger charge is -2.33. The van der Waals surface area contributed by atoms with Crippen LogP contribution >= 0.6 is 11.3 Å². The summed E-state index contributed by atoms with van der Waals surface area (Å²) in [6.07, 6.45) is 5.37. The maximum Gasteiger partial charge on any atom is 0.290 e. The lowest BCUT2D eigenvalue weighted by atomic mass is 10.1. The van der Waals surface area contributed by atoms with Crippen LogP contribution in [0.1, 0.15) is 18.5 Å². The molecule has 1 atom stereocenters. The Kier molecular flexibility index (Phi) is 4.08. The molecule has 6 nitrogen and oxygen atoms in total. The summed E-state index contributed by atoms with van der Waals surface area (Å²) in [6, 6.07) is 0.367. The minimum Gasteiger partial charge on any atom is -0.350 e. The zero-order valence-corrected chi connectivity index (χ0v) is 11.9. The predicted octanol–water partition coefficient (Wildman–Crippen LogP) is 0.985. The van der Waals surface area contributed by atoms with Gasteiger partial charge in [0.15, 0.2) is 5.82 Å². The number of anilines is 1. The van der Waals surface area contributed by atoms with E-state index in [-0.39, 0.29) is 5.56 Å². The maximum absolute atomic E-state index is 11.8. The molecule has 3 rings (SSSR count). The van der Waals surface area contributed by atoms with Gasteiger partial charge in [-0.15, -0.1) is 11.3 Å². The minimum absolute atomic E-state index is 0.118. The second-order valence-corrected chi connectivity index (χ2v) is 5.61. The van der Waals surface area contributed by atoms with Gasteiger partial charge in [-0.1, -0.05) is 0 Å². The summed E-state index contributed by atoms with van der Waals surface area (Å²) in [6.45, 7) is 2.47. The standard InChI is InChI=1S/C13H17N5OS/c19-13-12(14-3-4-15-13)18-5-1-2-10(7-18)16-6-11-8-20-9-17-11/h3-4,8-10,16H,1-2,5-7H2,(H,15,19). The van der Waals surface area contributed by atoms with Crippen molar-refractivity contribution >= 4 is 17.2 Å². The number of aromatic nitrogens is 3. The Morgan fingerprint density at radius 3 is 3.25 bits per heavy atom. The second-order valence-electron chi connectivity index (χ2n) is 4.89. The van der Waals surface area contributed by atoms with Crippen LogP contribution in [-0.4, -0.2) is 34.1 Å². The van der Waals surface area contributed by atoms with E-state index in [9.17, 15) is 4.79 Å². The van der Waals surface area contributed by atoms with Crippen molar-refractivity contribution in [2.24, 2.45) is 0 Å². The highest BCUT2D eigenvalue weighted by molar-refractivity contribution is 7.07. The molecule has 0 saturated carbocycles. The van der Waals surface area contributed by atoms with Crippen molar-refractivity contribution in [3.8, 4) is 0 Å². The molecule has 20 heavy (non-hydrogen) atoms. The molecule has 106 valence electrons. The summed E-state index contributed by atoms with van der Waals surface area (Å²) in [5.41, 5.74) is 2.80. The van der Waals surface area contributed by atoms with Crippen LogP contribution in [0.3, 0.4) is 0 Å². The van der Waals surface area contributed by atoms with Gasteiger partial charge in [0.2, 0.25) is 0 Å². The Hall–Kier alpha value is -1.73. The summed E-state index contributed by atoms with van der Waals surface area (Å²) in [5.74, 6) is 0.521. The van der Waals surface area contributed by atoms with Crippen molar-refractivity contribution in [3.63, 3.8) is 0 Å². The summed E-state index contributed by atoms with van der Waals surface area (Å²) in [4.78, 5) is 25.0. The molecule has 0 bridgehead atoms. The van der Waals surface area contributed by atoms with Crippen LogP contribution in [-0.2, 0) is 6.54 Å². The summed E-state index contributed by atoms with van der Waals surface area (Å²) < 4.78 is 0. The number of piperidine rings is 1. The Morgan fingerprint density at radius 2 is 2.45 bits per heavy atom. The highest BCUT2D eigenvalue weighted by Gasteiger charge is 2.22. The van der Waals surface area contributed by atoms with E-state index < -0.39 is 0 Å². The van der Waals surface area contributed by atoms with Gasteiger partial charge in [0.25, 0.3) is 5.56 Å². The van der Waals surface area contributed by atoms with Crippen molar-refractivity contribution in [2.75, 3.05) is 18.0 Å². The highest BCUT2D eigenvalue weighted by Crippen LogP contribution is 2.14. The monoisotopic (exact) mass is 291 g/mol. The molecule has 1 saturated heterocycles. The van der Waals surface area contributed by atoms with Gasteiger partial charge in [-0.3, -0.25) is 4.79 Å². The van der Waals surface area contributed by atoms with Crippen LogP contribution in [0, 0.1) is 0 Å². The van der Waals surface area contributed by atoms with E-state index in [0.29, 0.717) is 11.9 Å². The lowest BCUT2D eigenvalue weighted by molar-refractivity contribution is 0.418. The normalized spacial score (nSPS) is 19.2. The number of H-pyrrole nitrogens is 1. The van der Waals surface area contributed by atoms with Crippen molar-refractivity contribution in [3.05, 3.63) is 39.3 Å². The SMILES string of the molecule is O=c1[nH]ccnc1N1CCCC(NCc2cscn2)C1. The smallest absolute Gasteiger partial charge is 0.290 e. The van der Waals surface area contributed by atoms with Crippen LogP contribution in [0.5, 0.6) is 0 Å². The van der Waals surface area contributed by atoms with Crippen molar-refractivity contribution in [1.29, 1.82) is 0 Å². The molecular formula is C13H17N5OS. The quantitative estimate of drug-likeness (QED) is 0.878.